The molecule has 0 aromatic carbocycles. The second-order valence-electron chi connectivity index (χ2n) is 5.19. The van der Waals surface area contributed by atoms with E-state index in [2.05, 4.69) is 9.72 Å². The number of ether oxygens (including phenoxy) is 4. The molecule has 11 nitrogen and oxygen atoms in total. The molecular weight excluding hydrogens is 371 g/mol. The molecule has 142 valence electrons. The molecule has 1 aromatic heterocycles. The first-order chi connectivity index (χ1) is 12.2. The fraction of sp³-hybridized carbons (Fsp3) is 0.500. The van der Waals surface area contributed by atoms with E-state index in [1.54, 1.807) is 5.48 Å². The molecule has 0 amide bonds. The van der Waals surface area contributed by atoms with Crippen LogP contribution >= 0.6 is 0 Å². The summed E-state index contributed by atoms with van der Waals surface area (Å²) in [6.07, 6.45) is -10.1. The highest BCUT2D eigenvalue weighted by molar-refractivity contribution is 5.75. The Kier molecular flexibility index (Phi) is 4.45. The molecule has 3 heterocycles. The van der Waals surface area contributed by atoms with Gasteiger partial charge in [0.1, 0.15) is 12.7 Å². The monoisotopic (exact) mass is 381 g/mol. The van der Waals surface area contributed by atoms with Gasteiger partial charge in [-0.05, 0) is 6.07 Å². The van der Waals surface area contributed by atoms with Crippen LogP contribution in [-0.2, 0) is 23.7 Å². The minimum absolute atomic E-state index is 0.170. The molecule has 2 N–H and O–H groups in total. The molecule has 0 unspecified atom stereocenters. The lowest BCUT2D eigenvalue weighted by atomic mass is 10.1. The van der Waals surface area contributed by atoms with Crippen LogP contribution in [-0.4, -0.2) is 58.0 Å². The summed E-state index contributed by atoms with van der Waals surface area (Å²) in [7, 11) is 0. The van der Waals surface area contributed by atoms with Crippen LogP contribution in [0.5, 0.6) is 0 Å². The summed E-state index contributed by atoms with van der Waals surface area (Å²) in [5, 5.41) is 8.71. The van der Waals surface area contributed by atoms with Crippen molar-refractivity contribution in [3.05, 3.63) is 22.7 Å². The summed E-state index contributed by atoms with van der Waals surface area (Å²) in [6, 6.07) is 1.19. The van der Waals surface area contributed by atoms with Gasteiger partial charge in [-0.15, -0.1) is 0 Å². The zero-order valence-electron chi connectivity index (χ0n) is 12.5. The summed E-state index contributed by atoms with van der Waals surface area (Å²) >= 11 is 0. The van der Waals surface area contributed by atoms with E-state index in [9.17, 15) is 27.6 Å². The Morgan fingerprint density at radius 2 is 2.04 bits per heavy atom. The van der Waals surface area contributed by atoms with E-state index >= 15 is 0 Å². The molecule has 2 saturated heterocycles. The van der Waals surface area contributed by atoms with Crippen molar-refractivity contribution in [3.63, 3.8) is 0 Å². The average molecular weight is 381 g/mol. The van der Waals surface area contributed by atoms with Gasteiger partial charge in [0, 0.05) is 6.20 Å². The second kappa shape index (κ2) is 6.45. The number of nitrogens with one attached hydrogen (secondary N) is 1. The Bertz CT molecular complexity index is 782. The molecule has 0 aliphatic carbocycles. The number of nitrogens with zero attached hydrogens (tertiary/aromatic N) is 2. The van der Waals surface area contributed by atoms with E-state index < -0.39 is 55.1 Å². The highest BCUT2D eigenvalue weighted by Crippen LogP contribution is 2.37. The number of hydrogen-bond acceptors (Lipinski definition) is 10. The molecule has 0 saturated carbocycles. The Morgan fingerprint density at radius 3 is 2.65 bits per heavy atom. The van der Waals surface area contributed by atoms with Crippen molar-refractivity contribution in [1.82, 2.24) is 9.55 Å². The third-order valence-corrected chi connectivity index (χ3v) is 3.58. The van der Waals surface area contributed by atoms with Crippen LogP contribution < -0.4 is 11.2 Å². The van der Waals surface area contributed by atoms with Gasteiger partial charge >= 0.3 is 24.0 Å². The minimum Gasteiger partial charge on any atom is -0.456 e. The van der Waals surface area contributed by atoms with Crippen LogP contribution in [0.3, 0.4) is 0 Å². The van der Waals surface area contributed by atoms with Crippen LogP contribution in [0.25, 0.3) is 0 Å². The lowest BCUT2D eigenvalue weighted by Gasteiger charge is -2.18. The topological polar surface area (TPSA) is 138 Å². The lowest BCUT2D eigenvalue weighted by Crippen LogP contribution is -2.35. The Balaban J connectivity index is 1.79. The fourth-order valence-corrected chi connectivity index (χ4v) is 2.49. The maximum atomic E-state index is 12.2. The predicted octanol–water partition coefficient (Wildman–Crippen LogP) is -0.0487. The van der Waals surface area contributed by atoms with Crippen molar-refractivity contribution in [2.24, 2.45) is 0 Å². The minimum atomic E-state index is -5.20. The molecule has 0 radical (unpaired) electrons. The first-order valence-electron chi connectivity index (χ1n) is 6.96. The van der Waals surface area contributed by atoms with Crippen molar-refractivity contribution in [3.8, 4) is 0 Å². The standard InChI is InChI=1S/C12H10F3N3O8/c13-12(14,15)9(19)23-3-4-6-7(26-11(21)25-6)8(24-4)18-2-1-5(17-22)16-10(18)20/h1-2,4,6-8,22H,3H2,(H,16,17,20)/t4-,6-,7-,8-/m1/s1. The van der Waals surface area contributed by atoms with Crippen molar-refractivity contribution >= 4 is 17.9 Å². The molecule has 1 aromatic rings. The zero-order chi connectivity index (χ0) is 19.1. The largest absolute Gasteiger partial charge is 0.509 e. The molecule has 3 rings (SSSR count). The van der Waals surface area contributed by atoms with E-state index in [4.69, 9.17) is 19.4 Å². The molecule has 0 bridgehead atoms. The Labute approximate surface area is 141 Å². The highest BCUT2D eigenvalue weighted by atomic mass is 19.4. The average Bonchev–Trinajstić information content (AvgIpc) is 3.09. The number of anilines is 1. The van der Waals surface area contributed by atoms with Gasteiger partial charge in [0.2, 0.25) is 0 Å². The molecule has 0 spiro atoms. The molecule has 26 heavy (non-hydrogen) atoms. The highest BCUT2D eigenvalue weighted by Gasteiger charge is 2.56. The number of halogens is 3. The summed E-state index contributed by atoms with van der Waals surface area (Å²) in [6.45, 7) is -0.884. The third-order valence-electron chi connectivity index (χ3n) is 3.58. The normalized spacial score (nSPS) is 27.5. The SMILES string of the molecule is O=C1O[C@@H]2[C@H](O1)[C@@H](COC(=O)C(F)(F)F)O[C@H]2n1ccc(NO)nc1=O. The summed E-state index contributed by atoms with van der Waals surface area (Å²) < 4.78 is 56.7. The number of fused-ring (bicyclic) bond motifs is 1. The van der Waals surface area contributed by atoms with E-state index in [0.29, 0.717) is 0 Å². The van der Waals surface area contributed by atoms with Gasteiger partial charge < -0.3 is 18.9 Å². The van der Waals surface area contributed by atoms with Crippen LogP contribution in [0, 0.1) is 0 Å². The molecule has 14 heteroatoms. The van der Waals surface area contributed by atoms with E-state index in [0.717, 1.165) is 10.8 Å². The maximum Gasteiger partial charge on any atom is 0.509 e. The Hall–Kier alpha value is -2.87. The zero-order valence-corrected chi connectivity index (χ0v) is 12.5. The van der Waals surface area contributed by atoms with Gasteiger partial charge in [-0.25, -0.2) is 14.4 Å². The Morgan fingerprint density at radius 1 is 1.35 bits per heavy atom. The number of carbonyl (C=O) groups excluding carboxylic acids is 2. The number of aromatic nitrogens is 2. The lowest BCUT2D eigenvalue weighted by molar-refractivity contribution is -0.204. The van der Waals surface area contributed by atoms with Gasteiger partial charge in [0.25, 0.3) is 0 Å². The van der Waals surface area contributed by atoms with Crippen LogP contribution in [0.2, 0.25) is 0 Å². The molecule has 2 aliphatic heterocycles. The second-order valence-corrected chi connectivity index (χ2v) is 5.19. The van der Waals surface area contributed by atoms with Crippen molar-refractivity contribution in [2.75, 3.05) is 12.1 Å². The van der Waals surface area contributed by atoms with Crippen LogP contribution in [0.1, 0.15) is 6.23 Å². The van der Waals surface area contributed by atoms with Gasteiger partial charge in [0.15, 0.2) is 24.3 Å². The quantitative estimate of drug-likeness (QED) is 0.539. The van der Waals surface area contributed by atoms with Gasteiger partial charge in [-0.1, -0.05) is 0 Å². The molecule has 2 fully saturated rings. The molecule has 2 aliphatic rings. The van der Waals surface area contributed by atoms with Crippen molar-refractivity contribution in [2.45, 2.75) is 30.7 Å². The van der Waals surface area contributed by atoms with Crippen molar-refractivity contribution < 1.29 is 46.9 Å². The predicted molar refractivity (Wildman–Crippen MR) is 70.0 cm³/mol. The van der Waals surface area contributed by atoms with Crippen molar-refractivity contribution in [1.29, 1.82) is 0 Å². The fourth-order valence-electron chi connectivity index (χ4n) is 2.49. The molecular formula is C12H10F3N3O8. The number of esters is 1. The number of carbonyl (C=O) groups is 2. The van der Waals surface area contributed by atoms with E-state index in [-0.39, 0.29) is 5.82 Å². The van der Waals surface area contributed by atoms with E-state index in [1.165, 1.54) is 6.07 Å². The maximum absolute atomic E-state index is 12.2. The number of hydrogen-bond donors (Lipinski definition) is 2. The first kappa shape index (κ1) is 17.9. The summed E-state index contributed by atoms with van der Waals surface area (Å²) in [5.41, 5.74) is 0.742. The third kappa shape index (κ3) is 3.28. The smallest absolute Gasteiger partial charge is 0.456 e. The van der Waals surface area contributed by atoms with Crippen LogP contribution in [0.15, 0.2) is 17.1 Å². The van der Waals surface area contributed by atoms with Gasteiger partial charge in [-0.2, -0.15) is 18.2 Å². The van der Waals surface area contributed by atoms with Crippen LogP contribution in [0.4, 0.5) is 23.8 Å². The number of alkyl halides is 3. The summed E-state index contributed by atoms with van der Waals surface area (Å²) in [5.74, 6) is -2.61. The first-order valence-corrected chi connectivity index (χ1v) is 6.96. The van der Waals surface area contributed by atoms with E-state index in [1.807, 2.05) is 0 Å². The van der Waals surface area contributed by atoms with Gasteiger partial charge in [-0.3, -0.25) is 15.3 Å². The number of rotatable bonds is 4. The molecule has 4 atom stereocenters. The van der Waals surface area contributed by atoms with Gasteiger partial charge in [0.05, 0.1) is 0 Å². The summed E-state index contributed by atoms with van der Waals surface area (Å²) in [4.78, 5) is 37.6.